The van der Waals surface area contributed by atoms with Crippen molar-refractivity contribution in [3.8, 4) is 0 Å². The van der Waals surface area contributed by atoms with Gasteiger partial charge < -0.3 is 25.0 Å². The van der Waals surface area contributed by atoms with Gasteiger partial charge in [0.05, 0.1) is 19.3 Å². The van der Waals surface area contributed by atoms with Crippen molar-refractivity contribution in [2.75, 3.05) is 47.4 Å². The van der Waals surface area contributed by atoms with E-state index in [1.54, 1.807) is 21.2 Å². The molecule has 1 aliphatic rings. The van der Waals surface area contributed by atoms with E-state index in [-0.39, 0.29) is 24.5 Å². The normalized spacial score (nSPS) is 21.8. The Balaban J connectivity index is 2.62. The fourth-order valence-corrected chi connectivity index (χ4v) is 2.04. The molecule has 2 atom stereocenters. The van der Waals surface area contributed by atoms with Crippen LogP contribution in [0.2, 0.25) is 0 Å². The Morgan fingerprint density at radius 3 is 2.55 bits per heavy atom. The third-order valence-corrected chi connectivity index (χ3v) is 3.35. The van der Waals surface area contributed by atoms with Gasteiger partial charge in [0, 0.05) is 34.3 Å². The molecule has 7 nitrogen and oxygen atoms in total. The van der Waals surface area contributed by atoms with Gasteiger partial charge in [-0.1, -0.05) is 0 Å². The number of amides is 2. The summed E-state index contributed by atoms with van der Waals surface area (Å²) in [5.74, 6) is -0.281. The number of hydrogen-bond donors (Lipinski definition) is 1. The molecule has 2 amide bonds. The van der Waals surface area contributed by atoms with Crippen molar-refractivity contribution in [1.82, 2.24) is 9.80 Å². The molecule has 0 saturated carbocycles. The van der Waals surface area contributed by atoms with Crippen molar-refractivity contribution in [2.24, 2.45) is 5.73 Å². The highest BCUT2D eigenvalue weighted by Crippen LogP contribution is 2.20. The zero-order valence-electron chi connectivity index (χ0n) is 12.5. The highest BCUT2D eigenvalue weighted by Gasteiger charge is 2.33. The van der Waals surface area contributed by atoms with E-state index in [0.29, 0.717) is 26.1 Å². The summed E-state index contributed by atoms with van der Waals surface area (Å²) in [6.07, 6.45) is 0.889. The second-order valence-electron chi connectivity index (χ2n) is 5.10. The Bertz CT molecular complexity index is 336. The van der Waals surface area contributed by atoms with E-state index in [2.05, 4.69) is 0 Å². The lowest BCUT2D eigenvalue weighted by Crippen LogP contribution is -2.46. The molecule has 1 rings (SSSR count). The molecule has 0 spiro atoms. The molecule has 1 saturated heterocycles. The first-order valence-electron chi connectivity index (χ1n) is 6.83. The molecule has 0 aliphatic carbocycles. The van der Waals surface area contributed by atoms with E-state index in [9.17, 15) is 9.59 Å². The summed E-state index contributed by atoms with van der Waals surface area (Å²) in [5, 5.41) is 0. The quantitative estimate of drug-likeness (QED) is 0.653. The number of nitrogens with two attached hydrogens (primary N) is 1. The maximum atomic E-state index is 12.4. The van der Waals surface area contributed by atoms with Crippen LogP contribution in [0.4, 0.5) is 0 Å². The molecule has 0 aromatic heterocycles. The van der Waals surface area contributed by atoms with Gasteiger partial charge in [-0.25, -0.2) is 0 Å². The predicted octanol–water partition coefficient (Wildman–Crippen LogP) is -0.944. The van der Waals surface area contributed by atoms with Crippen LogP contribution in [0.5, 0.6) is 0 Å². The van der Waals surface area contributed by atoms with Crippen molar-refractivity contribution in [1.29, 1.82) is 0 Å². The monoisotopic (exact) mass is 287 g/mol. The van der Waals surface area contributed by atoms with E-state index in [1.165, 1.54) is 9.80 Å². The van der Waals surface area contributed by atoms with Crippen LogP contribution < -0.4 is 5.73 Å². The number of hydrogen-bond acceptors (Lipinski definition) is 5. The molecule has 20 heavy (non-hydrogen) atoms. The summed E-state index contributed by atoms with van der Waals surface area (Å²) < 4.78 is 10.6. The van der Waals surface area contributed by atoms with Gasteiger partial charge in [0.2, 0.25) is 5.91 Å². The second-order valence-corrected chi connectivity index (χ2v) is 5.10. The number of rotatable bonds is 7. The van der Waals surface area contributed by atoms with Gasteiger partial charge in [-0.05, 0) is 12.8 Å². The lowest BCUT2D eigenvalue weighted by atomic mass is 10.2. The Morgan fingerprint density at radius 2 is 2.05 bits per heavy atom. The fraction of sp³-hybridized carbons (Fsp3) is 0.846. The van der Waals surface area contributed by atoms with Crippen molar-refractivity contribution in [2.45, 2.75) is 25.0 Å². The van der Waals surface area contributed by atoms with Crippen molar-refractivity contribution >= 4 is 11.8 Å². The summed E-state index contributed by atoms with van der Waals surface area (Å²) in [5.41, 5.74) is 5.54. The first-order chi connectivity index (χ1) is 9.49. The largest absolute Gasteiger partial charge is 0.383 e. The van der Waals surface area contributed by atoms with Gasteiger partial charge in [-0.3, -0.25) is 9.59 Å². The number of carbonyl (C=O) groups is 2. The molecule has 0 radical (unpaired) electrons. The van der Waals surface area contributed by atoms with Gasteiger partial charge >= 0.3 is 0 Å². The molecule has 2 N–H and O–H groups in total. The highest BCUT2D eigenvalue weighted by molar-refractivity contribution is 5.87. The van der Waals surface area contributed by atoms with Crippen LogP contribution in [0.3, 0.4) is 0 Å². The Kier molecular flexibility index (Phi) is 6.90. The minimum Gasteiger partial charge on any atom is -0.383 e. The standard InChI is InChI=1S/C13H25N3O4/c1-15(2)12(17)9-16(6-7-19-3)13(18)11-5-4-10(8-14)20-11/h10-11H,4-9,14H2,1-3H3/t10-,11+/m1/s1. The molecule has 1 fully saturated rings. The highest BCUT2D eigenvalue weighted by atomic mass is 16.5. The van der Waals surface area contributed by atoms with Gasteiger partial charge in [0.15, 0.2) is 0 Å². The van der Waals surface area contributed by atoms with Crippen LogP contribution in [-0.2, 0) is 19.1 Å². The van der Waals surface area contributed by atoms with Crippen LogP contribution >= 0.6 is 0 Å². The van der Waals surface area contributed by atoms with Crippen LogP contribution in [-0.4, -0.2) is 81.3 Å². The zero-order chi connectivity index (χ0) is 15.1. The summed E-state index contributed by atoms with van der Waals surface area (Å²) in [6.45, 7) is 1.22. The lowest BCUT2D eigenvalue weighted by molar-refractivity contribution is -0.147. The second kappa shape index (κ2) is 8.18. The van der Waals surface area contributed by atoms with E-state index < -0.39 is 6.10 Å². The summed E-state index contributed by atoms with van der Waals surface area (Å²) in [6, 6.07) is 0. The molecule has 0 aromatic carbocycles. The van der Waals surface area contributed by atoms with Gasteiger partial charge in [0.1, 0.15) is 6.10 Å². The van der Waals surface area contributed by atoms with Crippen molar-refractivity contribution < 1.29 is 19.1 Å². The molecular formula is C13H25N3O4. The van der Waals surface area contributed by atoms with E-state index in [1.807, 2.05) is 0 Å². The van der Waals surface area contributed by atoms with Crippen LogP contribution in [0, 0.1) is 0 Å². The van der Waals surface area contributed by atoms with Crippen LogP contribution in [0.25, 0.3) is 0 Å². The molecule has 116 valence electrons. The van der Waals surface area contributed by atoms with E-state index in [4.69, 9.17) is 15.2 Å². The first kappa shape index (κ1) is 16.9. The van der Waals surface area contributed by atoms with Gasteiger partial charge in [-0.15, -0.1) is 0 Å². The Labute approximate surface area is 120 Å². The molecule has 0 aromatic rings. The lowest BCUT2D eigenvalue weighted by Gasteiger charge is -2.26. The molecule has 0 bridgehead atoms. The smallest absolute Gasteiger partial charge is 0.252 e. The molecular weight excluding hydrogens is 262 g/mol. The number of ether oxygens (including phenoxy) is 2. The zero-order valence-corrected chi connectivity index (χ0v) is 12.5. The topological polar surface area (TPSA) is 85.1 Å². The molecule has 1 heterocycles. The maximum absolute atomic E-state index is 12.4. The average Bonchev–Trinajstić information content (AvgIpc) is 2.91. The predicted molar refractivity (Wildman–Crippen MR) is 74.1 cm³/mol. The van der Waals surface area contributed by atoms with E-state index in [0.717, 1.165) is 6.42 Å². The maximum Gasteiger partial charge on any atom is 0.252 e. The van der Waals surface area contributed by atoms with Crippen molar-refractivity contribution in [3.63, 3.8) is 0 Å². The van der Waals surface area contributed by atoms with Gasteiger partial charge in [-0.2, -0.15) is 0 Å². The fourth-order valence-electron chi connectivity index (χ4n) is 2.04. The Hall–Kier alpha value is -1.18. The molecule has 7 heteroatoms. The number of carbonyl (C=O) groups excluding carboxylic acids is 2. The molecule has 1 aliphatic heterocycles. The van der Waals surface area contributed by atoms with Crippen LogP contribution in [0.1, 0.15) is 12.8 Å². The minimum atomic E-state index is -0.490. The summed E-state index contributed by atoms with van der Waals surface area (Å²) >= 11 is 0. The van der Waals surface area contributed by atoms with Crippen LogP contribution in [0.15, 0.2) is 0 Å². The molecule has 0 unspecified atom stereocenters. The summed E-state index contributed by atoms with van der Waals surface area (Å²) in [7, 11) is 4.89. The minimum absolute atomic E-state index is 0.0440. The third-order valence-electron chi connectivity index (χ3n) is 3.35. The van der Waals surface area contributed by atoms with E-state index >= 15 is 0 Å². The number of nitrogens with zero attached hydrogens (tertiary/aromatic N) is 2. The third kappa shape index (κ3) is 4.73. The average molecular weight is 287 g/mol. The number of methoxy groups -OCH3 is 1. The number of likely N-dealkylation sites (N-methyl/N-ethyl adjacent to an activating group) is 1. The van der Waals surface area contributed by atoms with Gasteiger partial charge in [0.25, 0.3) is 5.91 Å². The first-order valence-corrected chi connectivity index (χ1v) is 6.83. The van der Waals surface area contributed by atoms with Crippen molar-refractivity contribution in [3.05, 3.63) is 0 Å². The Morgan fingerprint density at radius 1 is 1.35 bits per heavy atom. The summed E-state index contributed by atoms with van der Waals surface area (Å²) in [4.78, 5) is 27.2. The SMILES string of the molecule is COCCN(CC(=O)N(C)C)C(=O)[C@@H]1CC[C@H](CN)O1.